The highest BCUT2D eigenvalue weighted by Crippen LogP contribution is 2.26. The molecule has 1 aromatic heterocycles. The highest BCUT2D eigenvalue weighted by Gasteiger charge is 2.37. The van der Waals surface area contributed by atoms with Gasteiger partial charge < -0.3 is 14.8 Å². The van der Waals surface area contributed by atoms with Crippen molar-refractivity contribution in [3.63, 3.8) is 0 Å². The van der Waals surface area contributed by atoms with Gasteiger partial charge in [0.2, 0.25) is 5.88 Å². The van der Waals surface area contributed by atoms with Crippen molar-refractivity contribution in [1.82, 2.24) is 4.98 Å². The molecule has 6 nitrogen and oxygen atoms in total. The smallest absolute Gasteiger partial charge is 0.332 e. The van der Waals surface area contributed by atoms with Gasteiger partial charge in [0.05, 0.1) is 12.7 Å². The number of amidine groups is 1. The third-order valence-electron chi connectivity index (χ3n) is 3.20. The second-order valence-electron chi connectivity index (χ2n) is 4.58. The summed E-state index contributed by atoms with van der Waals surface area (Å²) in [5.74, 6) is 0.186. The lowest BCUT2D eigenvalue weighted by Crippen LogP contribution is -2.35. The highest BCUT2D eigenvalue weighted by molar-refractivity contribution is 6.07. The van der Waals surface area contributed by atoms with Gasteiger partial charge in [0, 0.05) is 25.3 Å². The van der Waals surface area contributed by atoms with Gasteiger partial charge in [-0.1, -0.05) is 6.07 Å². The van der Waals surface area contributed by atoms with E-state index in [4.69, 9.17) is 9.57 Å². The van der Waals surface area contributed by atoms with Gasteiger partial charge in [-0.3, -0.25) is 0 Å². The number of anilines is 1. The molecular formula is C15H13FN3O3. The Hall–Kier alpha value is -2.83. The molecule has 1 radical (unpaired) electrons. The van der Waals surface area contributed by atoms with E-state index in [1.165, 1.54) is 30.3 Å². The van der Waals surface area contributed by atoms with Crippen LogP contribution in [0.1, 0.15) is 5.56 Å². The van der Waals surface area contributed by atoms with Crippen molar-refractivity contribution >= 4 is 11.5 Å². The van der Waals surface area contributed by atoms with Crippen LogP contribution in [0.4, 0.5) is 10.1 Å². The summed E-state index contributed by atoms with van der Waals surface area (Å²) in [4.78, 5) is 11.0. The number of nitrogens with zero attached hydrogens (tertiary/aromatic N) is 3. The summed E-state index contributed by atoms with van der Waals surface area (Å²) in [5.41, 5.74) is 0.968. The van der Waals surface area contributed by atoms with Gasteiger partial charge >= 0.3 is 5.84 Å². The molecule has 2 heterocycles. The average molecular weight is 302 g/mol. The summed E-state index contributed by atoms with van der Waals surface area (Å²) < 4.78 is 18.4. The van der Waals surface area contributed by atoms with E-state index < -0.39 is 12.0 Å². The third-order valence-corrected chi connectivity index (χ3v) is 3.20. The van der Waals surface area contributed by atoms with Crippen LogP contribution in [0.3, 0.4) is 0 Å². The van der Waals surface area contributed by atoms with Crippen molar-refractivity contribution in [2.75, 3.05) is 12.0 Å². The monoisotopic (exact) mass is 302 g/mol. The third kappa shape index (κ3) is 2.41. The fraction of sp³-hybridized carbons (Fsp3) is 0.133. The fourth-order valence-corrected chi connectivity index (χ4v) is 2.22. The van der Waals surface area contributed by atoms with Gasteiger partial charge in [0.15, 0.2) is 6.23 Å². The number of rotatable bonds is 3. The molecule has 0 saturated heterocycles. The lowest BCUT2D eigenvalue weighted by atomic mass is 10.2. The van der Waals surface area contributed by atoms with Crippen LogP contribution in [0.15, 0.2) is 42.6 Å². The van der Waals surface area contributed by atoms with Gasteiger partial charge in [-0.05, 0) is 23.1 Å². The summed E-state index contributed by atoms with van der Waals surface area (Å²) >= 11 is 0. The van der Waals surface area contributed by atoms with Crippen LogP contribution in [0.5, 0.6) is 5.88 Å². The lowest BCUT2D eigenvalue weighted by molar-refractivity contribution is -0.737. The Morgan fingerprint density at radius 1 is 1.41 bits per heavy atom. The summed E-state index contributed by atoms with van der Waals surface area (Å²) in [6.45, 7) is 3.76. The van der Waals surface area contributed by atoms with Crippen molar-refractivity contribution < 1.29 is 18.9 Å². The molecule has 0 N–H and O–H groups in total. The van der Waals surface area contributed by atoms with Crippen LogP contribution >= 0.6 is 0 Å². The molecule has 7 heteroatoms. The Kier molecular flexibility index (Phi) is 3.54. The summed E-state index contributed by atoms with van der Waals surface area (Å²) in [5, 5.41) is 12.0. The number of methoxy groups -OCH3 is 1. The van der Waals surface area contributed by atoms with E-state index in [1.807, 2.05) is 0 Å². The van der Waals surface area contributed by atoms with Crippen LogP contribution in [0, 0.1) is 17.9 Å². The van der Waals surface area contributed by atoms with E-state index in [-0.39, 0.29) is 5.84 Å². The SMILES string of the molecule is [CH2]C1O[N+]([O-])=C(c2ccc(OC)nc2)N1c1cccc(F)c1. The van der Waals surface area contributed by atoms with E-state index >= 15 is 0 Å². The van der Waals surface area contributed by atoms with E-state index in [0.717, 1.165) is 0 Å². The normalized spacial score (nSPS) is 17.6. The van der Waals surface area contributed by atoms with Crippen molar-refractivity contribution in [1.29, 1.82) is 0 Å². The molecule has 0 saturated carbocycles. The molecular weight excluding hydrogens is 289 g/mol. The fourth-order valence-electron chi connectivity index (χ4n) is 2.22. The zero-order valence-electron chi connectivity index (χ0n) is 11.8. The lowest BCUT2D eigenvalue weighted by Gasteiger charge is -2.17. The zero-order chi connectivity index (χ0) is 15.7. The number of halogens is 1. The predicted octanol–water partition coefficient (Wildman–Crippen LogP) is 2.10. The minimum absolute atomic E-state index is 0.181. The first-order valence-electron chi connectivity index (χ1n) is 6.49. The Labute approximate surface area is 126 Å². The van der Waals surface area contributed by atoms with E-state index in [2.05, 4.69) is 11.9 Å². The van der Waals surface area contributed by atoms with Gasteiger partial charge in [-0.25, -0.2) is 14.3 Å². The number of ether oxygens (including phenoxy) is 1. The summed E-state index contributed by atoms with van der Waals surface area (Å²) in [6.07, 6.45) is 0.670. The molecule has 1 aromatic carbocycles. The largest absolute Gasteiger partial charge is 0.481 e. The molecule has 1 aliphatic rings. The molecule has 113 valence electrons. The molecule has 0 spiro atoms. The minimum atomic E-state index is -0.809. The van der Waals surface area contributed by atoms with Crippen LogP contribution in [0.2, 0.25) is 0 Å². The summed E-state index contributed by atoms with van der Waals surface area (Å²) in [7, 11) is 1.50. The van der Waals surface area contributed by atoms with Crippen LogP contribution in [-0.4, -0.2) is 29.1 Å². The van der Waals surface area contributed by atoms with Gasteiger partial charge in [-0.15, -0.1) is 0 Å². The predicted molar refractivity (Wildman–Crippen MR) is 77.6 cm³/mol. The van der Waals surface area contributed by atoms with Crippen molar-refractivity contribution in [3.8, 4) is 5.88 Å². The Bertz CT molecular complexity index is 718. The van der Waals surface area contributed by atoms with Crippen LogP contribution in [-0.2, 0) is 4.84 Å². The zero-order valence-corrected chi connectivity index (χ0v) is 11.8. The van der Waals surface area contributed by atoms with E-state index in [0.29, 0.717) is 22.0 Å². The Morgan fingerprint density at radius 2 is 2.23 bits per heavy atom. The first kappa shape index (κ1) is 14.1. The molecule has 1 aliphatic heterocycles. The molecule has 0 fully saturated rings. The highest BCUT2D eigenvalue weighted by atomic mass is 19.1. The van der Waals surface area contributed by atoms with E-state index in [1.54, 1.807) is 24.3 Å². The Morgan fingerprint density at radius 3 is 2.86 bits per heavy atom. The number of hydrogen-bond donors (Lipinski definition) is 0. The topological polar surface area (TPSA) is 60.7 Å². The maximum absolute atomic E-state index is 13.5. The van der Waals surface area contributed by atoms with Crippen LogP contribution < -0.4 is 9.64 Å². The van der Waals surface area contributed by atoms with E-state index in [9.17, 15) is 9.60 Å². The molecule has 0 amide bonds. The molecule has 1 unspecified atom stereocenters. The number of hydrogen-bond acceptors (Lipinski definition) is 5. The average Bonchev–Trinajstić information content (AvgIpc) is 2.81. The van der Waals surface area contributed by atoms with Crippen LogP contribution in [0.25, 0.3) is 0 Å². The Balaban J connectivity index is 2.04. The van der Waals surface area contributed by atoms with Crippen molar-refractivity contribution in [2.45, 2.75) is 6.23 Å². The first-order chi connectivity index (χ1) is 10.6. The number of aromatic nitrogens is 1. The standard InChI is InChI=1S/C15H13FN3O3/c1-10-18(13-5-3-4-12(16)8-13)15(19(20)22-10)11-6-7-14(21-2)17-9-11/h3-10H,1H2,2H3. The molecule has 0 aliphatic carbocycles. The first-order valence-corrected chi connectivity index (χ1v) is 6.49. The number of benzene rings is 1. The number of pyridine rings is 1. The maximum atomic E-state index is 13.5. The summed E-state index contributed by atoms with van der Waals surface area (Å²) in [6, 6.07) is 9.13. The molecule has 0 bridgehead atoms. The molecule has 3 rings (SSSR count). The quantitative estimate of drug-likeness (QED) is 0.813. The van der Waals surface area contributed by atoms with Gasteiger partial charge in [-0.2, -0.15) is 0 Å². The maximum Gasteiger partial charge on any atom is 0.332 e. The minimum Gasteiger partial charge on any atom is -0.481 e. The molecule has 22 heavy (non-hydrogen) atoms. The van der Waals surface area contributed by atoms with Gasteiger partial charge in [0.25, 0.3) is 0 Å². The second kappa shape index (κ2) is 5.51. The van der Waals surface area contributed by atoms with Crippen molar-refractivity contribution in [3.05, 3.63) is 66.1 Å². The second-order valence-corrected chi connectivity index (χ2v) is 4.58. The van der Waals surface area contributed by atoms with Gasteiger partial charge in [0.1, 0.15) is 11.5 Å². The van der Waals surface area contributed by atoms with Crippen molar-refractivity contribution in [2.24, 2.45) is 0 Å². The molecule has 2 aromatic rings. The molecule has 1 atom stereocenters.